The number of fused-ring (bicyclic) bond motifs is 1. The van der Waals surface area contributed by atoms with E-state index in [0.717, 1.165) is 30.6 Å². The lowest BCUT2D eigenvalue weighted by atomic mass is 10.2. The highest BCUT2D eigenvalue weighted by atomic mass is 35.5. The molecule has 1 unspecified atom stereocenters. The second kappa shape index (κ2) is 5.54. The minimum absolute atomic E-state index is 0.391. The number of aryl methyl sites for hydroxylation is 2. The highest BCUT2D eigenvalue weighted by Crippen LogP contribution is 2.29. The van der Waals surface area contributed by atoms with Crippen molar-refractivity contribution in [3.05, 3.63) is 28.3 Å². The molecule has 2 fully saturated rings. The number of sulfonamides is 1. The van der Waals surface area contributed by atoms with Gasteiger partial charge in [-0.1, -0.05) is 11.6 Å². The first-order chi connectivity index (χ1) is 9.89. The molecular weight excluding hydrogens is 308 g/mol. The third kappa shape index (κ3) is 2.72. The van der Waals surface area contributed by atoms with Crippen LogP contribution in [-0.2, 0) is 10.0 Å². The number of nitrogens with zero attached hydrogens (tertiary/aromatic N) is 2. The first-order valence-corrected chi connectivity index (χ1v) is 9.22. The largest absolute Gasteiger partial charge is 0.298 e. The first kappa shape index (κ1) is 15.3. The molecule has 0 bridgehead atoms. The standard InChI is InChI=1S/C15H21ClN2O2S/c1-11-9-15(12(2)8-14(11)16)21(19,20)18-7-6-17-5-3-4-13(17)10-18/h8-9,13H,3-7,10H2,1-2H3. The van der Waals surface area contributed by atoms with E-state index >= 15 is 0 Å². The Balaban J connectivity index is 1.92. The Kier molecular flexibility index (Phi) is 4.03. The molecule has 0 spiro atoms. The van der Waals surface area contributed by atoms with Gasteiger partial charge in [0.25, 0.3) is 0 Å². The number of benzene rings is 1. The van der Waals surface area contributed by atoms with Gasteiger partial charge in [0.15, 0.2) is 0 Å². The van der Waals surface area contributed by atoms with Crippen LogP contribution in [-0.4, -0.2) is 49.8 Å². The highest BCUT2D eigenvalue weighted by molar-refractivity contribution is 7.89. The summed E-state index contributed by atoms with van der Waals surface area (Å²) in [5.74, 6) is 0. The normalized spacial score (nSPS) is 24.2. The van der Waals surface area contributed by atoms with Crippen molar-refractivity contribution in [3.63, 3.8) is 0 Å². The summed E-state index contributed by atoms with van der Waals surface area (Å²) in [7, 11) is -3.42. The number of hydrogen-bond donors (Lipinski definition) is 0. The van der Waals surface area contributed by atoms with E-state index in [1.165, 1.54) is 6.42 Å². The van der Waals surface area contributed by atoms with Crippen molar-refractivity contribution in [2.45, 2.75) is 37.6 Å². The third-order valence-electron chi connectivity index (χ3n) is 4.62. The molecule has 2 aliphatic rings. The number of rotatable bonds is 2. The van der Waals surface area contributed by atoms with E-state index in [2.05, 4.69) is 4.90 Å². The Hall–Kier alpha value is -0.620. The van der Waals surface area contributed by atoms with Gasteiger partial charge in [-0.05, 0) is 56.5 Å². The lowest BCUT2D eigenvalue weighted by Crippen LogP contribution is -2.51. The van der Waals surface area contributed by atoms with Crippen molar-refractivity contribution < 1.29 is 8.42 Å². The summed E-state index contributed by atoms with van der Waals surface area (Å²) in [5, 5.41) is 0.618. The van der Waals surface area contributed by atoms with Gasteiger partial charge in [0.2, 0.25) is 10.0 Å². The summed E-state index contributed by atoms with van der Waals surface area (Å²) in [6.45, 7) is 6.80. The zero-order chi connectivity index (χ0) is 15.2. The Labute approximate surface area is 131 Å². The van der Waals surface area contributed by atoms with E-state index in [1.807, 2.05) is 13.8 Å². The van der Waals surface area contributed by atoms with Crippen LogP contribution in [0.3, 0.4) is 0 Å². The van der Waals surface area contributed by atoms with Crippen molar-refractivity contribution in [1.29, 1.82) is 0 Å². The molecule has 6 heteroatoms. The van der Waals surface area contributed by atoms with E-state index < -0.39 is 10.0 Å². The molecule has 2 aliphatic heterocycles. The molecule has 116 valence electrons. The Bertz CT molecular complexity index is 660. The van der Waals surface area contributed by atoms with Crippen molar-refractivity contribution in [2.75, 3.05) is 26.2 Å². The molecule has 2 heterocycles. The van der Waals surface area contributed by atoms with Gasteiger partial charge in [0, 0.05) is 30.7 Å². The fourth-order valence-electron chi connectivity index (χ4n) is 3.35. The molecule has 21 heavy (non-hydrogen) atoms. The maximum atomic E-state index is 12.9. The van der Waals surface area contributed by atoms with E-state index in [0.29, 0.717) is 29.0 Å². The van der Waals surface area contributed by atoms with Crippen LogP contribution in [0.4, 0.5) is 0 Å². The van der Waals surface area contributed by atoms with Crippen LogP contribution in [0.15, 0.2) is 17.0 Å². The summed E-state index contributed by atoms with van der Waals surface area (Å²) in [6.07, 6.45) is 2.28. The predicted octanol–water partition coefficient (Wildman–Crippen LogP) is 2.43. The summed E-state index contributed by atoms with van der Waals surface area (Å²) in [4.78, 5) is 2.81. The first-order valence-electron chi connectivity index (χ1n) is 7.40. The van der Waals surface area contributed by atoms with Crippen LogP contribution in [0.5, 0.6) is 0 Å². The maximum absolute atomic E-state index is 12.9. The number of piperazine rings is 1. The average molecular weight is 329 g/mol. The molecule has 1 atom stereocenters. The zero-order valence-electron chi connectivity index (χ0n) is 12.5. The highest BCUT2D eigenvalue weighted by Gasteiger charge is 2.36. The zero-order valence-corrected chi connectivity index (χ0v) is 14.0. The SMILES string of the molecule is Cc1cc(S(=O)(=O)N2CCN3CCCC3C2)c(C)cc1Cl. The van der Waals surface area contributed by atoms with Gasteiger partial charge in [-0.25, -0.2) is 8.42 Å². The number of hydrogen-bond acceptors (Lipinski definition) is 3. The Morgan fingerprint density at radius 3 is 2.67 bits per heavy atom. The molecular formula is C15H21ClN2O2S. The van der Waals surface area contributed by atoms with E-state index in [1.54, 1.807) is 16.4 Å². The van der Waals surface area contributed by atoms with E-state index in [-0.39, 0.29) is 0 Å². The molecule has 0 saturated carbocycles. The maximum Gasteiger partial charge on any atom is 0.243 e. The van der Waals surface area contributed by atoms with Gasteiger partial charge < -0.3 is 0 Å². The van der Waals surface area contributed by atoms with Crippen LogP contribution < -0.4 is 0 Å². The van der Waals surface area contributed by atoms with Gasteiger partial charge in [-0.15, -0.1) is 0 Å². The molecule has 2 saturated heterocycles. The fourth-order valence-corrected chi connectivity index (χ4v) is 5.33. The molecule has 0 amide bonds. The molecule has 4 nitrogen and oxygen atoms in total. The van der Waals surface area contributed by atoms with Gasteiger partial charge in [-0.2, -0.15) is 4.31 Å². The monoisotopic (exact) mass is 328 g/mol. The van der Waals surface area contributed by atoms with Crippen LogP contribution in [0, 0.1) is 13.8 Å². The van der Waals surface area contributed by atoms with Crippen molar-refractivity contribution in [1.82, 2.24) is 9.21 Å². The molecule has 0 N–H and O–H groups in total. The molecule has 1 aromatic carbocycles. The minimum atomic E-state index is -3.42. The molecule has 0 radical (unpaired) electrons. The van der Waals surface area contributed by atoms with Crippen molar-refractivity contribution in [3.8, 4) is 0 Å². The summed E-state index contributed by atoms with van der Waals surface area (Å²) in [5.41, 5.74) is 1.53. The van der Waals surface area contributed by atoms with Crippen LogP contribution in [0.2, 0.25) is 5.02 Å². The quantitative estimate of drug-likeness (QED) is 0.837. The van der Waals surface area contributed by atoms with Crippen molar-refractivity contribution >= 4 is 21.6 Å². The smallest absolute Gasteiger partial charge is 0.243 e. The lowest BCUT2D eigenvalue weighted by molar-refractivity contribution is 0.158. The average Bonchev–Trinajstić information content (AvgIpc) is 2.90. The van der Waals surface area contributed by atoms with E-state index in [4.69, 9.17) is 11.6 Å². The van der Waals surface area contributed by atoms with Gasteiger partial charge in [0.05, 0.1) is 4.90 Å². The van der Waals surface area contributed by atoms with Crippen molar-refractivity contribution in [2.24, 2.45) is 0 Å². The summed E-state index contributed by atoms with van der Waals surface area (Å²) >= 11 is 6.08. The molecule has 0 aromatic heterocycles. The predicted molar refractivity (Wildman–Crippen MR) is 84.3 cm³/mol. The van der Waals surface area contributed by atoms with Crippen LogP contribution in [0.25, 0.3) is 0 Å². The number of halogens is 1. The van der Waals surface area contributed by atoms with Crippen LogP contribution in [0.1, 0.15) is 24.0 Å². The Morgan fingerprint density at radius 2 is 1.90 bits per heavy atom. The second-order valence-corrected chi connectivity index (χ2v) is 8.38. The van der Waals surface area contributed by atoms with Gasteiger partial charge >= 0.3 is 0 Å². The molecule has 0 aliphatic carbocycles. The van der Waals surface area contributed by atoms with Gasteiger partial charge in [0.1, 0.15) is 0 Å². The van der Waals surface area contributed by atoms with E-state index in [9.17, 15) is 8.42 Å². The van der Waals surface area contributed by atoms with Gasteiger partial charge in [-0.3, -0.25) is 4.90 Å². The van der Waals surface area contributed by atoms with Crippen LogP contribution >= 0.6 is 11.6 Å². The topological polar surface area (TPSA) is 40.6 Å². The lowest BCUT2D eigenvalue weighted by Gasteiger charge is -2.36. The molecule has 3 rings (SSSR count). The third-order valence-corrected chi connectivity index (χ3v) is 7.04. The second-order valence-electron chi connectivity index (χ2n) is 6.06. The minimum Gasteiger partial charge on any atom is -0.298 e. The molecule has 1 aromatic rings. The summed E-state index contributed by atoms with van der Waals surface area (Å²) < 4.78 is 27.5. The summed E-state index contributed by atoms with van der Waals surface area (Å²) in [6, 6.07) is 3.84. The Morgan fingerprint density at radius 1 is 1.14 bits per heavy atom. The fraction of sp³-hybridized carbons (Fsp3) is 0.600.